The Hall–Kier alpha value is -1.00. The van der Waals surface area contributed by atoms with Gasteiger partial charge in [-0.25, -0.2) is 8.78 Å². The molecule has 2 rings (SSSR count). The van der Waals surface area contributed by atoms with Crippen molar-refractivity contribution in [1.29, 1.82) is 0 Å². The monoisotopic (exact) mass is 255 g/mol. The number of nitrogens with one attached hydrogen (secondary N) is 1. The standard InChI is InChI=1S/C14H19F2NO/c1-3-14(4-2)9-18-12(8-17-14)10-6-5-7-11(15)13(10)16/h5-7,12,17H,3-4,8-9H2,1-2H3. The molecule has 1 aliphatic rings. The average Bonchev–Trinajstić information content (AvgIpc) is 2.42. The number of rotatable bonds is 3. The van der Waals surface area contributed by atoms with Crippen LogP contribution in [0.2, 0.25) is 0 Å². The van der Waals surface area contributed by atoms with Crippen molar-refractivity contribution in [2.45, 2.75) is 38.3 Å². The van der Waals surface area contributed by atoms with Gasteiger partial charge in [0.05, 0.1) is 12.7 Å². The molecule has 1 atom stereocenters. The van der Waals surface area contributed by atoms with E-state index < -0.39 is 17.7 Å². The summed E-state index contributed by atoms with van der Waals surface area (Å²) in [5.74, 6) is -1.62. The second-order valence-corrected chi connectivity index (χ2v) is 4.81. The van der Waals surface area contributed by atoms with Crippen LogP contribution >= 0.6 is 0 Å². The lowest BCUT2D eigenvalue weighted by Gasteiger charge is -2.40. The molecule has 1 heterocycles. The highest BCUT2D eigenvalue weighted by Crippen LogP contribution is 2.29. The van der Waals surface area contributed by atoms with Gasteiger partial charge in [-0.1, -0.05) is 26.0 Å². The molecule has 0 aliphatic carbocycles. The van der Waals surface area contributed by atoms with Gasteiger partial charge in [0.25, 0.3) is 0 Å². The molecule has 0 bridgehead atoms. The number of ether oxygens (including phenoxy) is 1. The van der Waals surface area contributed by atoms with Gasteiger partial charge >= 0.3 is 0 Å². The van der Waals surface area contributed by atoms with E-state index in [0.29, 0.717) is 18.7 Å². The minimum Gasteiger partial charge on any atom is -0.370 e. The lowest BCUT2D eigenvalue weighted by atomic mass is 9.91. The predicted octanol–water partition coefficient (Wildman–Crippen LogP) is 3.18. The van der Waals surface area contributed by atoms with Crippen LogP contribution in [0.25, 0.3) is 0 Å². The molecule has 1 saturated heterocycles. The fraction of sp³-hybridized carbons (Fsp3) is 0.571. The maximum absolute atomic E-state index is 13.7. The van der Waals surface area contributed by atoms with Crippen molar-refractivity contribution >= 4 is 0 Å². The number of morpholine rings is 1. The third kappa shape index (κ3) is 2.40. The first-order valence-corrected chi connectivity index (χ1v) is 6.42. The van der Waals surface area contributed by atoms with Crippen molar-refractivity contribution in [3.05, 3.63) is 35.4 Å². The normalized spacial score (nSPS) is 23.0. The molecule has 0 spiro atoms. The van der Waals surface area contributed by atoms with Gasteiger partial charge in [0, 0.05) is 17.6 Å². The molecule has 1 aliphatic heterocycles. The van der Waals surface area contributed by atoms with E-state index in [1.165, 1.54) is 6.07 Å². The minimum atomic E-state index is -0.820. The Morgan fingerprint density at radius 3 is 2.61 bits per heavy atom. The molecule has 1 unspecified atom stereocenters. The summed E-state index contributed by atoms with van der Waals surface area (Å²) in [6.45, 7) is 5.24. The SMILES string of the molecule is CCC1(CC)COC(c2cccc(F)c2F)CN1. The van der Waals surface area contributed by atoms with E-state index in [4.69, 9.17) is 4.74 Å². The van der Waals surface area contributed by atoms with Crippen LogP contribution in [-0.4, -0.2) is 18.7 Å². The molecule has 0 aromatic heterocycles. The third-order valence-corrected chi connectivity index (χ3v) is 3.91. The zero-order valence-corrected chi connectivity index (χ0v) is 10.8. The molecule has 1 aromatic carbocycles. The molecular formula is C14H19F2NO. The topological polar surface area (TPSA) is 21.3 Å². The van der Waals surface area contributed by atoms with Crippen LogP contribution in [0.4, 0.5) is 8.78 Å². The lowest BCUT2D eigenvalue weighted by Crippen LogP contribution is -2.54. The second kappa shape index (κ2) is 5.33. The zero-order chi connectivity index (χ0) is 13.2. The first-order valence-electron chi connectivity index (χ1n) is 6.42. The van der Waals surface area contributed by atoms with Crippen LogP contribution in [0.15, 0.2) is 18.2 Å². The summed E-state index contributed by atoms with van der Waals surface area (Å²) in [5.41, 5.74) is 0.267. The van der Waals surface area contributed by atoms with Gasteiger partial charge in [-0.15, -0.1) is 0 Å². The van der Waals surface area contributed by atoms with Gasteiger partial charge in [-0.2, -0.15) is 0 Å². The molecule has 1 aromatic rings. The fourth-order valence-corrected chi connectivity index (χ4v) is 2.35. The number of halogens is 2. The third-order valence-electron chi connectivity index (χ3n) is 3.91. The van der Waals surface area contributed by atoms with E-state index in [0.717, 1.165) is 18.9 Å². The highest BCUT2D eigenvalue weighted by Gasteiger charge is 2.34. The zero-order valence-electron chi connectivity index (χ0n) is 10.8. The van der Waals surface area contributed by atoms with Crippen LogP contribution in [0.5, 0.6) is 0 Å². The largest absolute Gasteiger partial charge is 0.370 e. The quantitative estimate of drug-likeness (QED) is 0.895. The Balaban J connectivity index is 2.12. The molecule has 2 nitrogen and oxygen atoms in total. The van der Waals surface area contributed by atoms with Crippen LogP contribution in [0, 0.1) is 11.6 Å². The highest BCUT2D eigenvalue weighted by molar-refractivity contribution is 5.22. The molecule has 100 valence electrons. The van der Waals surface area contributed by atoms with Crippen LogP contribution in [0.3, 0.4) is 0 Å². The summed E-state index contributed by atoms with van der Waals surface area (Å²) >= 11 is 0. The molecule has 1 N–H and O–H groups in total. The van der Waals surface area contributed by atoms with Crippen LogP contribution in [0.1, 0.15) is 38.4 Å². The first kappa shape index (κ1) is 13.4. The molecule has 4 heteroatoms. The van der Waals surface area contributed by atoms with Gasteiger partial charge in [0.15, 0.2) is 11.6 Å². The Morgan fingerprint density at radius 1 is 1.33 bits per heavy atom. The van der Waals surface area contributed by atoms with Crippen molar-refractivity contribution in [1.82, 2.24) is 5.32 Å². The van der Waals surface area contributed by atoms with Crippen molar-refractivity contribution in [2.75, 3.05) is 13.2 Å². The Kier molecular flexibility index (Phi) is 3.97. The molecule has 18 heavy (non-hydrogen) atoms. The first-order chi connectivity index (χ1) is 8.62. The maximum atomic E-state index is 13.7. The average molecular weight is 255 g/mol. The van der Waals surface area contributed by atoms with E-state index in [2.05, 4.69) is 19.2 Å². The summed E-state index contributed by atoms with van der Waals surface area (Å²) in [7, 11) is 0. The highest BCUT2D eigenvalue weighted by atomic mass is 19.2. The maximum Gasteiger partial charge on any atom is 0.164 e. The van der Waals surface area contributed by atoms with E-state index in [9.17, 15) is 8.78 Å². The Labute approximate surface area is 106 Å². The summed E-state index contributed by atoms with van der Waals surface area (Å²) in [5, 5.41) is 3.41. The van der Waals surface area contributed by atoms with Crippen molar-refractivity contribution in [3.8, 4) is 0 Å². The van der Waals surface area contributed by atoms with Crippen molar-refractivity contribution in [2.24, 2.45) is 0 Å². The number of hydrogen-bond acceptors (Lipinski definition) is 2. The van der Waals surface area contributed by atoms with Gasteiger partial charge in [-0.3, -0.25) is 0 Å². The summed E-state index contributed by atoms with van der Waals surface area (Å²) in [6, 6.07) is 4.21. The second-order valence-electron chi connectivity index (χ2n) is 4.81. The van der Waals surface area contributed by atoms with Crippen LogP contribution in [-0.2, 0) is 4.74 Å². The predicted molar refractivity (Wildman–Crippen MR) is 66.4 cm³/mol. The van der Waals surface area contributed by atoms with Gasteiger partial charge < -0.3 is 10.1 Å². The molecule has 0 amide bonds. The molecule has 0 radical (unpaired) electrons. The molecule has 1 fully saturated rings. The van der Waals surface area contributed by atoms with E-state index in [1.807, 2.05) is 0 Å². The van der Waals surface area contributed by atoms with Crippen molar-refractivity contribution in [3.63, 3.8) is 0 Å². The van der Waals surface area contributed by atoms with E-state index in [1.54, 1.807) is 6.07 Å². The van der Waals surface area contributed by atoms with Crippen molar-refractivity contribution < 1.29 is 13.5 Å². The minimum absolute atomic E-state index is 0.0275. The summed E-state index contributed by atoms with van der Waals surface area (Å²) < 4.78 is 32.6. The fourth-order valence-electron chi connectivity index (χ4n) is 2.35. The van der Waals surface area contributed by atoms with Gasteiger partial charge in [0.2, 0.25) is 0 Å². The van der Waals surface area contributed by atoms with E-state index in [-0.39, 0.29) is 5.54 Å². The number of hydrogen-bond donors (Lipinski definition) is 1. The summed E-state index contributed by atoms with van der Waals surface area (Å²) in [6.07, 6.45) is 1.51. The van der Waals surface area contributed by atoms with E-state index >= 15 is 0 Å². The number of benzene rings is 1. The lowest BCUT2D eigenvalue weighted by molar-refractivity contribution is -0.0391. The van der Waals surface area contributed by atoms with Crippen LogP contribution < -0.4 is 5.32 Å². The van der Waals surface area contributed by atoms with Gasteiger partial charge in [-0.05, 0) is 18.9 Å². The Bertz CT molecular complexity index is 408. The summed E-state index contributed by atoms with van der Waals surface area (Å²) in [4.78, 5) is 0. The molecule has 0 saturated carbocycles. The van der Waals surface area contributed by atoms with Gasteiger partial charge in [0.1, 0.15) is 0 Å². The smallest absolute Gasteiger partial charge is 0.164 e. The molecular weight excluding hydrogens is 236 g/mol. The Morgan fingerprint density at radius 2 is 2.06 bits per heavy atom.